The highest BCUT2D eigenvalue weighted by Crippen LogP contribution is 2.26. The first-order chi connectivity index (χ1) is 9.20. The first-order valence-electron chi connectivity index (χ1n) is 5.86. The van der Waals surface area contributed by atoms with Crippen molar-refractivity contribution >= 4 is 39.4 Å². The minimum Gasteiger partial charge on any atom is -0.448 e. The van der Waals surface area contributed by atoms with Crippen LogP contribution in [-0.4, -0.2) is 35.8 Å². The minimum atomic E-state index is -0.779. The minimum absolute atomic E-state index is 0.196. The average molecular weight is 281 g/mol. The van der Waals surface area contributed by atoms with Crippen molar-refractivity contribution in [3.8, 4) is 0 Å². The van der Waals surface area contributed by atoms with E-state index < -0.39 is 6.09 Å². The fraction of sp³-hybridized carbons (Fsp3) is 0.364. The molecule has 0 unspecified atom stereocenters. The Balaban J connectivity index is 2.11. The predicted molar refractivity (Wildman–Crippen MR) is 75.6 cm³/mol. The highest BCUT2D eigenvalue weighted by Gasteiger charge is 2.08. The smallest absolute Gasteiger partial charge is 0.404 e. The Morgan fingerprint density at radius 2 is 2.32 bits per heavy atom. The molecular weight excluding hydrogens is 266 g/mol. The van der Waals surface area contributed by atoms with Crippen LogP contribution in [0.25, 0.3) is 10.2 Å². The van der Waals surface area contributed by atoms with Crippen LogP contribution < -0.4 is 16.4 Å². The maximum absolute atomic E-state index is 10.5. The van der Waals surface area contributed by atoms with Crippen LogP contribution >= 0.6 is 11.3 Å². The highest BCUT2D eigenvalue weighted by atomic mass is 32.1. The molecule has 0 fully saturated rings. The maximum atomic E-state index is 10.5. The topological polar surface area (TPSA) is 102 Å². The van der Waals surface area contributed by atoms with Gasteiger partial charge in [0.15, 0.2) is 0 Å². The molecule has 0 saturated carbocycles. The van der Waals surface area contributed by atoms with Gasteiger partial charge in [0.1, 0.15) is 17.3 Å². The van der Waals surface area contributed by atoms with Crippen LogP contribution in [-0.2, 0) is 4.74 Å². The number of fused-ring (bicyclic) bond motifs is 1. The summed E-state index contributed by atoms with van der Waals surface area (Å²) >= 11 is 1.55. The quantitative estimate of drug-likeness (QED) is 0.695. The lowest BCUT2D eigenvalue weighted by atomic mass is 10.4. The third kappa shape index (κ3) is 3.44. The van der Waals surface area contributed by atoms with Crippen molar-refractivity contribution in [1.29, 1.82) is 0 Å². The molecule has 102 valence electrons. The number of nitrogens with two attached hydrogens (primary N) is 1. The van der Waals surface area contributed by atoms with Gasteiger partial charge in [-0.2, -0.15) is 4.98 Å². The largest absolute Gasteiger partial charge is 0.448 e. The van der Waals surface area contributed by atoms with Crippen LogP contribution in [0.5, 0.6) is 0 Å². The molecule has 1 amide bonds. The van der Waals surface area contributed by atoms with Gasteiger partial charge in [0.2, 0.25) is 5.95 Å². The van der Waals surface area contributed by atoms with Gasteiger partial charge in [0.25, 0.3) is 0 Å². The van der Waals surface area contributed by atoms with E-state index in [0.29, 0.717) is 12.5 Å². The summed E-state index contributed by atoms with van der Waals surface area (Å²) < 4.78 is 4.65. The van der Waals surface area contributed by atoms with Gasteiger partial charge in [0.05, 0.1) is 11.9 Å². The summed E-state index contributed by atoms with van der Waals surface area (Å²) in [6, 6.07) is 1.95. The van der Waals surface area contributed by atoms with Crippen LogP contribution in [0, 0.1) is 0 Å². The second-order valence-corrected chi connectivity index (χ2v) is 4.55. The molecule has 2 aromatic rings. The Kier molecular flexibility index (Phi) is 4.35. The maximum Gasteiger partial charge on any atom is 0.404 e. The van der Waals surface area contributed by atoms with Crippen LogP contribution in [0.4, 0.5) is 16.6 Å². The van der Waals surface area contributed by atoms with E-state index in [-0.39, 0.29) is 6.61 Å². The van der Waals surface area contributed by atoms with Crippen molar-refractivity contribution in [3.63, 3.8) is 0 Å². The molecular formula is C11H15N5O2S. The fourth-order valence-electron chi connectivity index (χ4n) is 1.55. The zero-order valence-corrected chi connectivity index (χ0v) is 11.3. The van der Waals surface area contributed by atoms with E-state index in [1.807, 2.05) is 18.4 Å². The lowest BCUT2D eigenvalue weighted by Crippen LogP contribution is -2.19. The molecule has 8 heteroatoms. The fourth-order valence-corrected chi connectivity index (χ4v) is 2.31. The first-order valence-corrected chi connectivity index (χ1v) is 6.74. The summed E-state index contributed by atoms with van der Waals surface area (Å²) in [6.07, 6.45) is -0.779. The van der Waals surface area contributed by atoms with E-state index in [1.165, 1.54) is 0 Å². The van der Waals surface area contributed by atoms with Gasteiger partial charge >= 0.3 is 6.09 Å². The molecule has 2 heterocycles. The normalized spacial score (nSPS) is 10.4. The van der Waals surface area contributed by atoms with Crippen molar-refractivity contribution in [3.05, 3.63) is 11.4 Å². The molecule has 2 aromatic heterocycles. The van der Waals surface area contributed by atoms with E-state index in [0.717, 1.165) is 22.6 Å². The van der Waals surface area contributed by atoms with E-state index in [2.05, 4.69) is 25.3 Å². The number of hydrogen-bond acceptors (Lipinski definition) is 7. The summed E-state index contributed by atoms with van der Waals surface area (Å²) in [6.45, 7) is 3.37. The molecule has 0 atom stereocenters. The summed E-state index contributed by atoms with van der Waals surface area (Å²) in [5, 5.41) is 9.10. The van der Waals surface area contributed by atoms with Crippen molar-refractivity contribution in [2.24, 2.45) is 5.73 Å². The Labute approximate surface area is 114 Å². The zero-order valence-electron chi connectivity index (χ0n) is 10.5. The van der Waals surface area contributed by atoms with Gasteiger partial charge in [-0.3, -0.25) is 0 Å². The number of rotatable bonds is 6. The lowest BCUT2D eigenvalue weighted by Gasteiger charge is -2.09. The molecule has 0 spiro atoms. The van der Waals surface area contributed by atoms with Gasteiger partial charge in [-0.05, 0) is 18.4 Å². The number of anilines is 2. The van der Waals surface area contributed by atoms with E-state index in [9.17, 15) is 4.79 Å². The van der Waals surface area contributed by atoms with E-state index in [4.69, 9.17) is 5.73 Å². The van der Waals surface area contributed by atoms with Crippen molar-refractivity contribution in [1.82, 2.24) is 9.97 Å². The lowest BCUT2D eigenvalue weighted by molar-refractivity contribution is 0.161. The Morgan fingerprint density at radius 3 is 3.05 bits per heavy atom. The second-order valence-electron chi connectivity index (χ2n) is 3.66. The molecule has 0 saturated heterocycles. The summed E-state index contributed by atoms with van der Waals surface area (Å²) in [7, 11) is 0. The number of primary amides is 1. The number of amides is 1. The number of carbonyl (C=O) groups excluding carboxylic acids is 1. The van der Waals surface area contributed by atoms with Crippen LogP contribution in [0.3, 0.4) is 0 Å². The molecule has 2 rings (SSSR count). The molecule has 0 aliphatic heterocycles. The Morgan fingerprint density at radius 1 is 1.47 bits per heavy atom. The molecule has 0 aromatic carbocycles. The third-order valence-corrected chi connectivity index (χ3v) is 3.11. The van der Waals surface area contributed by atoms with Gasteiger partial charge in [-0.25, -0.2) is 9.78 Å². The average Bonchev–Trinajstić information content (AvgIpc) is 2.83. The zero-order chi connectivity index (χ0) is 13.7. The Bertz CT molecular complexity index is 571. The van der Waals surface area contributed by atoms with E-state index in [1.54, 1.807) is 11.3 Å². The number of hydrogen-bond donors (Lipinski definition) is 3. The number of nitrogens with zero attached hydrogens (tertiary/aromatic N) is 2. The Hall–Kier alpha value is -2.09. The standard InChI is InChI=1S/C11H15N5O2S/c1-2-13-11-15-8(14-4-5-18-10(12)17)7-3-6-19-9(7)16-11/h3,6H,2,4-5H2,1H3,(H2,12,17)(H2,13,14,15,16). The van der Waals surface area contributed by atoms with Gasteiger partial charge in [-0.1, -0.05) is 0 Å². The van der Waals surface area contributed by atoms with Gasteiger partial charge in [0, 0.05) is 6.54 Å². The second kappa shape index (κ2) is 6.19. The predicted octanol–water partition coefficient (Wildman–Crippen LogP) is 1.63. The number of aromatic nitrogens is 2. The number of nitrogens with one attached hydrogen (secondary N) is 2. The molecule has 19 heavy (non-hydrogen) atoms. The molecule has 7 nitrogen and oxygen atoms in total. The van der Waals surface area contributed by atoms with E-state index >= 15 is 0 Å². The molecule has 0 aliphatic carbocycles. The molecule has 4 N–H and O–H groups in total. The SMILES string of the molecule is CCNc1nc(NCCOC(N)=O)c2ccsc2n1. The van der Waals surface area contributed by atoms with Crippen LogP contribution in [0.15, 0.2) is 11.4 Å². The monoisotopic (exact) mass is 281 g/mol. The first kappa shape index (κ1) is 13.3. The van der Waals surface area contributed by atoms with Crippen LogP contribution in [0.2, 0.25) is 0 Å². The summed E-state index contributed by atoms with van der Waals surface area (Å²) in [5.41, 5.74) is 4.89. The van der Waals surface area contributed by atoms with Crippen LogP contribution in [0.1, 0.15) is 6.92 Å². The van der Waals surface area contributed by atoms with Gasteiger partial charge in [-0.15, -0.1) is 11.3 Å². The summed E-state index contributed by atoms with van der Waals surface area (Å²) in [4.78, 5) is 20.1. The number of ether oxygens (including phenoxy) is 1. The van der Waals surface area contributed by atoms with Gasteiger partial charge < -0.3 is 21.1 Å². The van der Waals surface area contributed by atoms with Crippen molar-refractivity contribution < 1.29 is 9.53 Å². The number of thiophene rings is 1. The van der Waals surface area contributed by atoms with Crippen molar-refractivity contribution in [2.75, 3.05) is 30.3 Å². The van der Waals surface area contributed by atoms with Crippen molar-refractivity contribution in [2.45, 2.75) is 6.92 Å². The highest BCUT2D eigenvalue weighted by molar-refractivity contribution is 7.16. The third-order valence-electron chi connectivity index (χ3n) is 2.30. The molecule has 0 radical (unpaired) electrons. The molecule has 0 aliphatic rings. The molecule has 0 bridgehead atoms. The summed E-state index contributed by atoms with van der Waals surface area (Å²) in [5.74, 6) is 1.30. The number of carbonyl (C=O) groups is 1.